The number of Topliss-reactive ketones (excluding diaryl/α,β-unsaturated/α-hetero) is 2. The zero-order valence-electron chi connectivity index (χ0n) is 60.6. The highest BCUT2D eigenvalue weighted by molar-refractivity contribution is 5.79. The number of piperidine rings is 4. The summed E-state index contributed by atoms with van der Waals surface area (Å²) in [6, 6.07) is 0.751. The molecule has 5 unspecified atom stereocenters. The predicted octanol–water partition coefficient (Wildman–Crippen LogP) is 5.57. The van der Waals surface area contributed by atoms with E-state index in [1.807, 2.05) is 19.6 Å². The molecule has 4 amide bonds. The predicted molar refractivity (Wildman–Crippen MR) is 366 cm³/mol. The number of ether oxygens (including phenoxy) is 1. The number of carbonyl (C=O) groups is 7. The molecule has 22 nitrogen and oxygen atoms in total. The Balaban J connectivity index is 0.000000367. The molecule has 0 spiro atoms. The van der Waals surface area contributed by atoms with Crippen LogP contribution in [0.25, 0.3) is 0 Å². The summed E-state index contributed by atoms with van der Waals surface area (Å²) in [6.45, 7) is 46.5. The number of aliphatic carboxylic acids is 1. The van der Waals surface area contributed by atoms with Gasteiger partial charge in [0.25, 0.3) is 0 Å². The normalized spacial score (nSPS) is 26.8. The summed E-state index contributed by atoms with van der Waals surface area (Å²) in [4.78, 5) is 94.6. The minimum absolute atomic E-state index is 0.202. The van der Waals surface area contributed by atoms with E-state index in [1.54, 1.807) is 41.5 Å². The molecule has 0 saturated carbocycles. The van der Waals surface area contributed by atoms with Crippen LogP contribution >= 0.6 is 0 Å². The average molecular weight is 1310 g/mol. The number of ketones is 2. The van der Waals surface area contributed by atoms with Gasteiger partial charge in [-0.25, -0.2) is 4.79 Å². The lowest BCUT2D eigenvalue weighted by Gasteiger charge is -2.41. The first-order valence-electron chi connectivity index (χ1n) is 36.0. The highest BCUT2D eigenvalue weighted by Crippen LogP contribution is 2.25. The standard InChI is InChI=1S/C12H22N2O.C12H24NO.C11H23N2O.C11H21NO.C10H20N2O.C7H14N2O.C7H12O6/c1-11(15)13-9-5-12(6-10-13)14-7-3-2-4-8-14;2*1-4-5-8-13(3)9-6-12(7-10-13)11(2)14;1-3-4-7-12-8-5-11(6-9-12)10(2)13;1-3-4-5-11-6-8-12(9-7-11)10(2)13;1-7(10)9-5-3-8(2)4-6-9;1-2-3(8)4(9)5(10)6(13-2)7(11)12/h12H,2-10H2,1H3;12H,4-10H2,1-3H3;4-10H2,1-3H3;11H,3-9H2,1-2H3;3-9H2,1-2H3;3-6H2,1-2H3;2-6,8-10H,1H3,(H,11,12)/q;2*+1;;;;. The largest absolute Gasteiger partial charge is 0.479 e. The number of piperazine rings is 3. The van der Waals surface area contributed by atoms with E-state index in [-0.39, 0.29) is 23.6 Å². The molecule has 5 atom stereocenters. The van der Waals surface area contributed by atoms with E-state index in [1.165, 1.54) is 147 Å². The summed E-state index contributed by atoms with van der Waals surface area (Å²) in [5.41, 5.74) is 0. The minimum Gasteiger partial charge on any atom is -0.479 e. The zero-order valence-corrected chi connectivity index (χ0v) is 60.6. The molecule has 4 N–H and O–H groups in total. The van der Waals surface area contributed by atoms with Crippen molar-refractivity contribution in [3.63, 3.8) is 0 Å². The lowest BCUT2D eigenvalue weighted by molar-refractivity contribution is -0.915. The molecule has 0 radical (unpaired) electrons. The fraction of sp³-hybridized carbons (Fsp3) is 0.900. The summed E-state index contributed by atoms with van der Waals surface area (Å²) in [5, 5.41) is 36.1. The number of quaternary nitrogens is 2. The molecule has 0 aromatic heterocycles. The van der Waals surface area contributed by atoms with Gasteiger partial charge in [-0.15, -0.1) is 0 Å². The van der Waals surface area contributed by atoms with Crippen LogP contribution in [0.5, 0.6) is 0 Å². The van der Waals surface area contributed by atoms with E-state index in [0.717, 1.165) is 141 Å². The summed E-state index contributed by atoms with van der Waals surface area (Å²) < 4.78 is 7.13. The fourth-order valence-electron chi connectivity index (χ4n) is 13.2. The van der Waals surface area contributed by atoms with E-state index in [2.05, 4.69) is 68.4 Å². The van der Waals surface area contributed by atoms with Crippen LogP contribution < -0.4 is 0 Å². The maximum Gasteiger partial charge on any atom is 0.335 e. The van der Waals surface area contributed by atoms with Crippen molar-refractivity contribution < 1.29 is 67.7 Å². The molecule has 0 aromatic rings. The molecular weight excluding hydrogens is 1170 g/mol. The van der Waals surface area contributed by atoms with Gasteiger partial charge in [0.1, 0.15) is 29.9 Å². The Labute approximate surface area is 557 Å². The van der Waals surface area contributed by atoms with Gasteiger partial charge in [-0.2, -0.15) is 0 Å². The quantitative estimate of drug-likeness (QED) is 0.138. The van der Waals surface area contributed by atoms with Gasteiger partial charge in [0.2, 0.25) is 23.6 Å². The van der Waals surface area contributed by atoms with Gasteiger partial charge in [0.05, 0.1) is 72.6 Å². The average Bonchev–Trinajstić information content (AvgIpc) is 0.893. The van der Waals surface area contributed by atoms with Crippen molar-refractivity contribution in [2.75, 3.05) is 178 Å². The zero-order chi connectivity index (χ0) is 69.0. The van der Waals surface area contributed by atoms with Crippen LogP contribution in [0, 0.1) is 11.8 Å². The number of carboxylic acid groups (broad SMARTS) is 1. The van der Waals surface area contributed by atoms with Crippen LogP contribution in [0.3, 0.4) is 0 Å². The number of carboxylic acids is 1. The fourth-order valence-corrected chi connectivity index (χ4v) is 13.2. The third-order valence-electron chi connectivity index (χ3n) is 20.5. The van der Waals surface area contributed by atoms with Crippen LogP contribution in [0.1, 0.15) is 185 Å². The topological polar surface area (TPSA) is 236 Å². The van der Waals surface area contributed by atoms with Crippen LogP contribution in [0.4, 0.5) is 0 Å². The molecule has 536 valence electrons. The summed E-state index contributed by atoms with van der Waals surface area (Å²) >= 11 is 0. The van der Waals surface area contributed by atoms with E-state index in [9.17, 15) is 48.9 Å². The first-order valence-corrected chi connectivity index (χ1v) is 36.0. The Kier molecular flexibility index (Phi) is 41.9. The summed E-state index contributed by atoms with van der Waals surface area (Å²) in [7, 11) is 6.73. The maximum atomic E-state index is 11.2. The van der Waals surface area contributed by atoms with Gasteiger partial charge < -0.3 is 68.4 Å². The number of likely N-dealkylation sites (tertiary alicyclic amines) is 4. The molecule has 8 aliphatic heterocycles. The molecule has 0 bridgehead atoms. The monoisotopic (exact) mass is 1310 g/mol. The van der Waals surface area contributed by atoms with E-state index in [4.69, 9.17) is 9.84 Å². The molecule has 8 rings (SSSR count). The molecule has 0 aliphatic carbocycles. The van der Waals surface area contributed by atoms with Crippen molar-refractivity contribution in [3.8, 4) is 0 Å². The molecule has 92 heavy (non-hydrogen) atoms. The Bertz CT molecular complexity index is 1990. The first kappa shape index (κ1) is 84.4. The molecule has 8 fully saturated rings. The number of rotatable bonds is 16. The number of aliphatic hydroxyl groups is 3. The van der Waals surface area contributed by atoms with Gasteiger partial charge in [-0.05, 0) is 131 Å². The van der Waals surface area contributed by atoms with Crippen molar-refractivity contribution in [2.45, 2.75) is 222 Å². The first-order chi connectivity index (χ1) is 43.5. The van der Waals surface area contributed by atoms with E-state index in [0.29, 0.717) is 23.4 Å². The van der Waals surface area contributed by atoms with Gasteiger partial charge in [0, 0.05) is 124 Å². The molecule has 0 aromatic carbocycles. The number of hydrogen-bond acceptors (Lipinski definition) is 15. The number of carbonyl (C=O) groups excluding carboxylic acids is 6. The molecule has 22 heteroatoms. The third kappa shape index (κ3) is 32.8. The number of amides is 4. The Morgan fingerprint density at radius 1 is 0.435 bits per heavy atom. The Hall–Kier alpha value is -3.71. The van der Waals surface area contributed by atoms with Crippen LogP contribution in [0.2, 0.25) is 0 Å². The highest BCUT2D eigenvalue weighted by atomic mass is 16.6. The number of likely N-dealkylation sites (N-methyl/N-ethyl adjacent to an activating group) is 2. The van der Waals surface area contributed by atoms with Gasteiger partial charge in [-0.1, -0.05) is 59.8 Å². The number of aliphatic hydroxyl groups excluding tert-OH is 3. The van der Waals surface area contributed by atoms with E-state index < -0.39 is 36.5 Å². The maximum absolute atomic E-state index is 11.2. The van der Waals surface area contributed by atoms with Crippen molar-refractivity contribution >= 4 is 41.2 Å². The second kappa shape index (κ2) is 45.7. The number of unbranched alkanes of at least 4 members (excludes halogenated alkanes) is 4. The third-order valence-corrected chi connectivity index (χ3v) is 20.5. The lowest BCUT2D eigenvalue weighted by Crippen LogP contribution is -2.58. The van der Waals surface area contributed by atoms with Crippen molar-refractivity contribution in [1.82, 2.24) is 39.2 Å². The van der Waals surface area contributed by atoms with Crippen LogP contribution in [0.15, 0.2) is 0 Å². The second-order valence-corrected chi connectivity index (χ2v) is 28.2. The SMILES string of the molecule is CC(=O)N1CCC(N2CCCCC2)CC1.CC(=O)N1CCN(C)CC1.CC1OC(C(=O)O)C(O)C(O)C1O.CCCCN1CCC(C(C)=O)CC1.CCCCN1CCN(C(C)=O)CC1.CCCC[N+]1(C)CCC(C(C)=O)CC1.CCCC[N+]1(C)CCN(C(C)=O)CC1. The Morgan fingerprint density at radius 3 is 1.22 bits per heavy atom. The smallest absolute Gasteiger partial charge is 0.335 e. The summed E-state index contributed by atoms with van der Waals surface area (Å²) in [6.07, 6.45) is 14.5. The van der Waals surface area contributed by atoms with Gasteiger partial charge >= 0.3 is 5.97 Å². The van der Waals surface area contributed by atoms with Crippen molar-refractivity contribution in [1.29, 1.82) is 0 Å². The van der Waals surface area contributed by atoms with E-state index >= 15 is 0 Å². The van der Waals surface area contributed by atoms with Gasteiger partial charge in [-0.3, -0.25) is 33.7 Å². The lowest BCUT2D eigenvalue weighted by atomic mass is 9.92. The molecule has 8 saturated heterocycles. The summed E-state index contributed by atoms with van der Waals surface area (Å²) in [5.74, 6) is 1.04. The van der Waals surface area contributed by atoms with Crippen LogP contribution in [-0.2, 0) is 38.3 Å². The second-order valence-electron chi connectivity index (χ2n) is 28.2. The van der Waals surface area contributed by atoms with Crippen LogP contribution in [-0.4, -0.2) is 325 Å². The minimum atomic E-state index is -1.59. The number of hydrogen-bond donors (Lipinski definition) is 4. The van der Waals surface area contributed by atoms with Gasteiger partial charge in [0.15, 0.2) is 6.10 Å². The van der Waals surface area contributed by atoms with Crippen molar-refractivity contribution in [2.24, 2.45) is 11.8 Å². The highest BCUT2D eigenvalue weighted by Gasteiger charge is 2.45. The number of nitrogens with zero attached hydrogens (tertiary/aromatic N) is 10. The molecule has 8 aliphatic rings. The molecular formula is C70H136N10O12+2. The molecule has 8 heterocycles. The Morgan fingerprint density at radius 2 is 0.815 bits per heavy atom. The van der Waals surface area contributed by atoms with Crippen molar-refractivity contribution in [3.05, 3.63) is 0 Å².